The van der Waals surface area contributed by atoms with E-state index in [1.165, 1.54) is 103 Å². The van der Waals surface area contributed by atoms with Crippen molar-refractivity contribution in [3.63, 3.8) is 0 Å². The van der Waals surface area contributed by atoms with Gasteiger partial charge in [0.05, 0.1) is 6.61 Å². The van der Waals surface area contributed by atoms with E-state index in [-0.39, 0.29) is 25.9 Å². The van der Waals surface area contributed by atoms with Crippen molar-refractivity contribution in [1.82, 2.24) is 0 Å². The van der Waals surface area contributed by atoms with Crippen LogP contribution in [0.2, 0.25) is 0 Å². The number of aliphatic hydroxyl groups is 2. The molecule has 434 valence electrons. The topological polar surface area (TPSA) is 175 Å². The number of aliphatic hydroxyl groups excluding tert-OH is 2. The minimum Gasteiger partial charge on any atom is -0.479 e. The second-order valence-corrected chi connectivity index (χ2v) is 21.0. The highest BCUT2D eigenvalue weighted by molar-refractivity contribution is 5.74. The highest BCUT2D eigenvalue weighted by Crippen LogP contribution is 2.26. The van der Waals surface area contributed by atoms with E-state index >= 15 is 0 Å². The number of carboxylic acids is 1. The summed E-state index contributed by atoms with van der Waals surface area (Å²) in [7, 11) is 0. The Morgan fingerprint density at radius 1 is 0.440 bits per heavy atom. The lowest BCUT2D eigenvalue weighted by Crippen LogP contribution is -2.61. The first-order valence-corrected chi connectivity index (χ1v) is 30.6. The maximum atomic E-state index is 13.1. The molecule has 0 aromatic heterocycles. The summed E-state index contributed by atoms with van der Waals surface area (Å²) in [5.74, 6) is -3.13. The first-order chi connectivity index (χ1) is 36.6. The molecule has 0 amide bonds. The number of hydrogen-bond acceptors (Lipinski definition) is 11. The molecule has 0 aliphatic carbocycles. The number of carboxylic acid groups (broad SMARTS) is 1. The first kappa shape index (κ1) is 69.7. The molecule has 1 aliphatic rings. The molecule has 3 N–H and O–H groups in total. The monoisotopic (exact) mass is 1060 g/mol. The number of allylic oxidation sites excluding steroid dienone is 8. The average molecular weight is 1060 g/mol. The normalized spacial score (nSPS) is 18.4. The summed E-state index contributed by atoms with van der Waals surface area (Å²) in [4.78, 5) is 51.1. The van der Waals surface area contributed by atoms with Crippen molar-refractivity contribution in [2.45, 2.75) is 314 Å². The van der Waals surface area contributed by atoms with Crippen molar-refractivity contribution >= 4 is 23.9 Å². The molecule has 1 fully saturated rings. The summed E-state index contributed by atoms with van der Waals surface area (Å²) in [5.41, 5.74) is 0. The van der Waals surface area contributed by atoms with Crippen LogP contribution in [0.15, 0.2) is 48.6 Å². The van der Waals surface area contributed by atoms with E-state index in [9.17, 15) is 34.5 Å². The van der Waals surface area contributed by atoms with E-state index in [0.717, 1.165) is 116 Å². The van der Waals surface area contributed by atoms with Crippen molar-refractivity contribution in [1.29, 1.82) is 0 Å². The van der Waals surface area contributed by atoms with E-state index in [2.05, 4.69) is 69.4 Å². The SMILES string of the molecule is CCCCC/C=C\C/C=C\CCCCCCCCCCCC(=O)OC1C(OCC(COC(=O)CCCCCCC/C=C\CCCCCC)OC(=O)CCCCCCC/C=C\CCCCCC)OC(C(=O)O)C(O)C1O. The van der Waals surface area contributed by atoms with Crippen LogP contribution >= 0.6 is 0 Å². The molecule has 12 heteroatoms. The van der Waals surface area contributed by atoms with Gasteiger partial charge in [0.15, 0.2) is 24.6 Å². The van der Waals surface area contributed by atoms with Gasteiger partial charge in [-0.15, -0.1) is 0 Å². The molecule has 0 radical (unpaired) electrons. The van der Waals surface area contributed by atoms with Gasteiger partial charge in [0.2, 0.25) is 0 Å². The number of unbranched alkanes of at least 4 members (excludes halogenated alkanes) is 30. The third kappa shape index (κ3) is 41.5. The third-order valence-electron chi connectivity index (χ3n) is 13.8. The van der Waals surface area contributed by atoms with Crippen molar-refractivity contribution in [3.8, 4) is 0 Å². The smallest absolute Gasteiger partial charge is 0.335 e. The quantitative estimate of drug-likeness (QED) is 0.0228. The number of hydrogen-bond donors (Lipinski definition) is 3. The molecule has 6 unspecified atom stereocenters. The van der Waals surface area contributed by atoms with E-state index in [4.69, 9.17) is 23.7 Å². The molecule has 1 rings (SSSR count). The summed E-state index contributed by atoms with van der Waals surface area (Å²) in [5, 5.41) is 31.5. The van der Waals surface area contributed by atoms with E-state index < -0.39 is 67.3 Å². The lowest BCUT2D eigenvalue weighted by atomic mass is 9.98. The van der Waals surface area contributed by atoms with Crippen LogP contribution in [0, 0.1) is 0 Å². The van der Waals surface area contributed by atoms with Gasteiger partial charge in [-0.05, 0) is 103 Å². The molecule has 0 saturated carbocycles. The van der Waals surface area contributed by atoms with Crippen LogP contribution in [0.4, 0.5) is 0 Å². The highest BCUT2D eigenvalue weighted by atomic mass is 16.7. The van der Waals surface area contributed by atoms with Gasteiger partial charge >= 0.3 is 23.9 Å². The van der Waals surface area contributed by atoms with E-state index in [1.54, 1.807) is 0 Å². The zero-order chi connectivity index (χ0) is 54.7. The maximum Gasteiger partial charge on any atom is 0.335 e. The Labute approximate surface area is 456 Å². The molecule has 0 aromatic rings. The minimum absolute atomic E-state index is 0.0551. The van der Waals surface area contributed by atoms with Crippen molar-refractivity contribution < 1.29 is 58.2 Å². The minimum atomic E-state index is -1.91. The Morgan fingerprint density at radius 2 is 0.800 bits per heavy atom. The molecule has 75 heavy (non-hydrogen) atoms. The second-order valence-electron chi connectivity index (χ2n) is 21.0. The van der Waals surface area contributed by atoms with Gasteiger partial charge in [-0.2, -0.15) is 0 Å². The van der Waals surface area contributed by atoms with Crippen molar-refractivity contribution in [3.05, 3.63) is 48.6 Å². The largest absolute Gasteiger partial charge is 0.479 e. The lowest BCUT2D eigenvalue weighted by molar-refractivity contribution is -0.301. The molecule has 1 aliphatic heterocycles. The fourth-order valence-corrected chi connectivity index (χ4v) is 9.09. The lowest BCUT2D eigenvalue weighted by Gasteiger charge is -2.40. The molecule has 0 bridgehead atoms. The Bertz CT molecular complexity index is 1490. The summed E-state index contributed by atoms with van der Waals surface area (Å²) >= 11 is 0. The number of carbonyl (C=O) groups is 4. The van der Waals surface area contributed by atoms with E-state index in [1.807, 2.05) is 0 Å². The van der Waals surface area contributed by atoms with Crippen LogP contribution in [0.5, 0.6) is 0 Å². The summed E-state index contributed by atoms with van der Waals surface area (Å²) in [6, 6.07) is 0. The molecular formula is C63H110O12. The van der Waals surface area contributed by atoms with Crippen LogP contribution in [0.25, 0.3) is 0 Å². The van der Waals surface area contributed by atoms with Crippen molar-refractivity contribution in [2.75, 3.05) is 13.2 Å². The predicted molar refractivity (Wildman–Crippen MR) is 303 cm³/mol. The van der Waals surface area contributed by atoms with E-state index in [0.29, 0.717) is 19.3 Å². The van der Waals surface area contributed by atoms with Gasteiger partial charge in [-0.3, -0.25) is 14.4 Å². The predicted octanol–water partition coefficient (Wildman–Crippen LogP) is 15.8. The Balaban J connectivity index is 2.66. The number of aliphatic carboxylic acids is 1. The first-order valence-electron chi connectivity index (χ1n) is 30.6. The second kappa shape index (κ2) is 51.4. The van der Waals surface area contributed by atoms with Gasteiger partial charge in [0, 0.05) is 19.3 Å². The van der Waals surface area contributed by atoms with Crippen LogP contribution in [-0.2, 0) is 42.9 Å². The molecule has 1 heterocycles. The van der Waals surface area contributed by atoms with Gasteiger partial charge in [0.1, 0.15) is 18.8 Å². The third-order valence-corrected chi connectivity index (χ3v) is 13.8. The summed E-state index contributed by atoms with van der Waals surface area (Å²) in [6.07, 6.45) is 49.3. The van der Waals surface area contributed by atoms with Gasteiger partial charge in [0.25, 0.3) is 0 Å². The van der Waals surface area contributed by atoms with Crippen LogP contribution in [0.1, 0.15) is 278 Å². The van der Waals surface area contributed by atoms with Gasteiger partial charge in [-0.1, -0.05) is 204 Å². The molecule has 0 spiro atoms. The average Bonchev–Trinajstić information content (AvgIpc) is 3.39. The molecule has 1 saturated heterocycles. The number of carbonyl (C=O) groups excluding carboxylic acids is 3. The number of esters is 3. The zero-order valence-corrected chi connectivity index (χ0v) is 47.8. The number of rotatable bonds is 52. The van der Waals surface area contributed by atoms with Crippen LogP contribution < -0.4 is 0 Å². The molecule has 6 atom stereocenters. The highest BCUT2D eigenvalue weighted by Gasteiger charge is 2.50. The standard InChI is InChI=1S/C63H110O12/c1-4-7-10-13-16-19-22-25-26-27-28-29-30-33-36-39-42-45-48-51-57(66)74-61-59(68)58(67)60(62(69)70)75-63(61)72-53-54(73-56(65)50-47-44-41-38-35-32-24-21-18-15-12-9-6-3)52-71-55(64)49-46-43-40-37-34-31-23-20-17-14-11-8-5-2/h16,19-21,23-26,54,58-61,63,67-68H,4-15,17-18,22,27-53H2,1-3H3,(H,69,70)/b19-16-,23-20-,24-21-,26-25-. The Kier molecular flexibility index (Phi) is 47.8. The number of ether oxygens (including phenoxy) is 5. The van der Waals surface area contributed by atoms with Crippen LogP contribution in [-0.4, -0.2) is 89.2 Å². The van der Waals surface area contributed by atoms with Crippen LogP contribution in [0.3, 0.4) is 0 Å². The Morgan fingerprint density at radius 3 is 1.24 bits per heavy atom. The van der Waals surface area contributed by atoms with Crippen molar-refractivity contribution in [2.24, 2.45) is 0 Å². The summed E-state index contributed by atoms with van der Waals surface area (Å²) < 4.78 is 28.4. The Hall–Kier alpha value is -3.32. The summed E-state index contributed by atoms with van der Waals surface area (Å²) in [6.45, 7) is 5.94. The van der Waals surface area contributed by atoms with Gasteiger partial charge in [-0.25, -0.2) is 4.79 Å². The fraction of sp³-hybridized carbons (Fsp3) is 0.810. The zero-order valence-electron chi connectivity index (χ0n) is 47.8. The molecule has 0 aromatic carbocycles. The molecular weight excluding hydrogens is 949 g/mol. The fourth-order valence-electron chi connectivity index (χ4n) is 9.09. The maximum absolute atomic E-state index is 13.1. The van der Waals surface area contributed by atoms with Gasteiger partial charge < -0.3 is 39.0 Å². The molecule has 12 nitrogen and oxygen atoms in total.